The maximum atomic E-state index is 12.1. The van der Waals surface area contributed by atoms with Gasteiger partial charge in [-0.25, -0.2) is 4.39 Å². The molecule has 0 aliphatic carbocycles. The van der Waals surface area contributed by atoms with E-state index in [0.717, 1.165) is 40.0 Å². The van der Waals surface area contributed by atoms with Crippen molar-refractivity contribution in [2.45, 2.75) is 69.2 Å². The number of nitriles is 1. The minimum Gasteiger partial charge on any atom is -0.497 e. The van der Waals surface area contributed by atoms with Crippen LogP contribution in [0.15, 0.2) is 243 Å². The van der Waals surface area contributed by atoms with Gasteiger partial charge in [-0.3, -0.25) is 14.9 Å². The van der Waals surface area contributed by atoms with E-state index in [1.807, 2.05) is 150 Å². The summed E-state index contributed by atoms with van der Waals surface area (Å²) >= 11 is 0. The van der Waals surface area contributed by atoms with Gasteiger partial charge >= 0.3 is 0 Å². The first kappa shape index (κ1) is 66.7. The number of aldehydes is 1. The van der Waals surface area contributed by atoms with Gasteiger partial charge < -0.3 is 9.47 Å². The zero-order valence-electron chi connectivity index (χ0n) is 48.5. The van der Waals surface area contributed by atoms with Gasteiger partial charge in [-0.1, -0.05) is 233 Å². The smallest absolute Gasteiger partial charge is 0.269 e. The predicted octanol–water partition coefficient (Wildman–Crippen LogP) is 19.2. The minimum absolute atomic E-state index is 0.144. The van der Waals surface area contributed by atoms with Crippen LogP contribution >= 0.6 is 0 Å². The van der Waals surface area contributed by atoms with Crippen LogP contribution in [0.5, 0.6) is 11.5 Å². The van der Waals surface area contributed by atoms with E-state index in [1.54, 1.807) is 38.5 Å². The molecule has 0 saturated heterocycles. The molecule has 0 heterocycles. The van der Waals surface area contributed by atoms with Gasteiger partial charge in [0, 0.05) is 17.7 Å². The van der Waals surface area contributed by atoms with Crippen molar-refractivity contribution >= 4 is 22.7 Å². The summed E-state index contributed by atoms with van der Waals surface area (Å²) in [5.74, 6) is 1.70. The second-order valence-corrected chi connectivity index (χ2v) is 18.5. The number of hydrogen-bond donors (Lipinski definition) is 0. The number of benzene rings is 10. The first-order chi connectivity index (χ1) is 38.4. The molecule has 0 spiro atoms. The van der Waals surface area contributed by atoms with Crippen molar-refractivity contribution in [2.24, 2.45) is 0 Å². The first-order valence-corrected chi connectivity index (χ1v) is 26.0. The van der Waals surface area contributed by atoms with Crippen LogP contribution in [-0.2, 0) is 0 Å². The molecule has 0 aliphatic heterocycles. The van der Waals surface area contributed by atoms with Gasteiger partial charge in [0.05, 0.1) is 30.8 Å². The third kappa shape index (κ3) is 29.7. The molecule has 80 heavy (non-hydrogen) atoms. The fourth-order valence-electron chi connectivity index (χ4n) is 6.49. The van der Waals surface area contributed by atoms with E-state index in [-0.39, 0.29) is 11.5 Å². The molecule has 10 aromatic carbocycles. The summed E-state index contributed by atoms with van der Waals surface area (Å²) in [5.41, 5.74) is 13.9. The lowest BCUT2D eigenvalue weighted by Crippen LogP contribution is -1.86. The van der Waals surface area contributed by atoms with Crippen molar-refractivity contribution in [3.05, 3.63) is 325 Å². The van der Waals surface area contributed by atoms with Crippen LogP contribution in [0.3, 0.4) is 0 Å². The molecule has 10 rings (SSSR count). The number of hydrogen-bond acceptors (Lipinski definition) is 6. The summed E-state index contributed by atoms with van der Waals surface area (Å²) in [6, 6.07) is 79.3. The Morgan fingerprint density at radius 3 is 1.19 bits per heavy atom. The molecular formula is C72H77FN2O5. The Kier molecular flexibility index (Phi) is 32.5. The summed E-state index contributed by atoms with van der Waals surface area (Å²) in [4.78, 5) is 19.8. The quantitative estimate of drug-likeness (QED) is 0.0988. The number of nitro groups is 1. The Morgan fingerprint density at radius 1 is 0.425 bits per heavy atom. The molecule has 0 bridgehead atoms. The lowest BCUT2D eigenvalue weighted by Gasteiger charge is -2.00. The molecule has 0 radical (unpaired) electrons. The number of carbonyl (C=O) groups is 1. The SMILES string of the molecule is COc1ccc(C)cc1.COc1ccccc1C.Cc1ccc(C#N)cc1.Cc1ccc(C)cc1.Cc1ccc(C=O)cc1.Cc1ccc(F)cc1.Cc1ccc([N+](=O)[O-])cc1.Cc1cccc2ccccc12.Cc1ccccc1. The van der Waals surface area contributed by atoms with Crippen LogP contribution in [0.25, 0.3) is 10.8 Å². The van der Waals surface area contributed by atoms with Gasteiger partial charge in [-0.2, -0.15) is 5.26 Å². The van der Waals surface area contributed by atoms with Gasteiger partial charge in [0.1, 0.15) is 23.6 Å². The van der Waals surface area contributed by atoms with Gasteiger partial charge in [0.15, 0.2) is 0 Å². The van der Waals surface area contributed by atoms with Crippen molar-refractivity contribution in [1.29, 1.82) is 5.26 Å². The summed E-state index contributed by atoms with van der Waals surface area (Å²) in [5, 5.41) is 21.2. The maximum absolute atomic E-state index is 12.1. The number of methoxy groups -OCH3 is 2. The molecule has 0 N–H and O–H groups in total. The fourth-order valence-corrected chi connectivity index (χ4v) is 6.49. The highest BCUT2D eigenvalue weighted by molar-refractivity contribution is 5.85. The van der Waals surface area contributed by atoms with E-state index in [9.17, 15) is 19.3 Å². The van der Waals surface area contributed by atoms with E-state index < -0.39 is 4.92 Å². The first-order valence-electron chi connectivity index (χ1n) is 26.0. The number of non-ortho nitro benzene ring substituents is 1. The number of nitro benzene ring substituents is 1. The summed E-state index contributed by atoms with van der Waals surface area (Å²) in [6.07, 6.45) is 0.847. The van der Waals surface area contributed by atoms with Crippen molar-refractivity contribution in [2.75, 3.05) is 14.2 Å². The number of para-hydroxylation sites is 1. The highest BCUT2D eigenvalue weighted by Gasteiger charge is 2.01. The van der Waals surface area contributed by atoms with Gasteiger partial charge in [-0.05, 0) is 134 Å². The molecule has 0 amide bonds. The van der Waals surface area contributed by atoms with Crippen molar-refractivity contribution in [3.63, 3.8) is 0 Å². The van der Waals surface area contributed by atoms with Gasteiger partial charge in [0.2, 0.25) is 0 Å². The second-order valence-electron chi connectivity index (χ2n) is 18.5. The van der Waals surface area contributed by atoms with E-state index in [1.165, 1.54) is 79.5 Å². The summed E-state index contributed by atoms with van der Waals surface area (Å²) in [7, 11) is 3.35. The maximum Gasteiger partial charge on any atom is 0.269 e. The van der Waals surface area contributed by atoms with Crippen LogP contribution in [-0.4, -0.2) is 25.4 Å². The number of ether oxygens (including phenoxy) is 2. The molecule has 0 aliphatic rings. The third-order valence-electron chi connectivity index (χ3n) is 11.4. The zero-order valence-corrected chi connectivity index (χ0v) is 48.5. The lowest BCUT2D eigenvalue weighted by atomic mass is 10.1. The van der Waals surface area contributed by atoms with E-state index in [4.69, 9.17) is 14.7 Å². The van der Waals surface area contributed by atoms with E-state index >= 15 is 0 Å². The van der Waals surface area contributed by atoms with Crippen LogP contribution in [0.2, 0.25) is 0 Å². The number of nitrogens with zero attached hydrogens (tertiary/aromatic N) is 2. The Morgan fingerprint density at radius 2 is 0.800 bits per heavy atom. The molecule has 0 unspecified atom stereocenters. The van der Waals surface area contributed by atoms with Crippen LogP contribution in [0.4, 0.5) is 10.1 Å². The van der Waals surface area contributed by atoms with Gasteiger partial charge in [-0.15, -0.1) is 0 Å². The lowest BCUT2D eigenvalue weighted by molar-refractivity contribution is -0.384. The zero-order chi connectivity index (χ0) is 59.1. The van der Waals surface area contributed by atoms with E-state index in [2.05, 4.69) is 120 Å². The normalized spacial score (nSPS) is 9.20. The number of carbonyl (C=O) groups excluding carboxylic acids is 1. The Balaban J connectivity index is 0.000000308. The van der Waals surface area contributed by atoms with Crippen molar-refractivity contribution < 1.29 is 23.6 Å². The summed E-state index contributed by atoms with van der Waals surface area (Å²) in [6.45, 7) is 20.3. The summed E-state index contributed by atoms with van der Waals surface area (Å²) < 4.78 is 22.1. The molecule has 0 saturated carbocycles. The van der Waals surface area contributed by atoms with Crippen LogP contribution in [0.1, 0.15) is 71.6 Å². The molecule has 8 heteroatoms. The molecule has 412 valence electrons. The number of halogens is 1. The van der Waals surface area contributed by atoms with E-state index in [0.29, 0.717) is 0 Å². The highest BCUT2D eigenvalue weighted by Crippen LogP contribution is 2.17. The molecule has 0 fully saturated rings. The number of aryl methyl sites for hydroxylation is 10. The largest absolute Gasteiger partial charge is 0.497 e. The number of rotatable bonds is 4. The number of fused-ring (bicyclic) bond motifs is 1. The molecule has 10 aromatic rings. The Labute approximate surface area is 475 Å². The van der Waals surface area contributed by atoms with Crippen LogP contribution in [0, 0.1) is 96.5 Å². The topological polar surface area (TPSA) is 102 Å². The predicted molar refractivity (Wildman–Crippen MR) is 333 cm³/mol. The van der Waals surface area contributed by atoms with Crippen molar-refractivity contribution in [3.8, 4) is 17.6 Å². The third-order valence-corrected chi connectivity index (χ3v) is 11.4. The van der Waals surface area contributed by atoms with Crippen LogP contribution < -0.4 is 9.47 Å². The average molecular weight is 1070 g/mol. The average Bonchev–Trinajstić information content (AvgIpc) is 3.48. The van der Waals surface area contributed by atoms with Gasteiger partial charge in [0.25, 0.3) is 5.69 Å². The molecule has 7 nitrogen and oxygen atoms in total. The molecule has 0 atom stereocenters. The Bertz CT molecular complexity index is 3210. The van der Waals surface area contributed by atoms with Crippen molar-refractivity contribution in [1.82, 2.24) is 0 Å². The minimum atomic E-state index is -0.403. The standard InChI is InChI=1S/C11H10.C8H7N.2C8H10O.C8H8O.C8H10.C7H7F.C7H7NO2.C7H8/c1-9-5-4-7-10-6-2-3-8-11(9)10;1-7-2-4-8(6-9)5-3-7;1-7-3-5-8(9-2)6-4-7;1-7-5-3-4-6-8(7)9-2;1-7-2-4-8(6-9)5-3-7;1-7-3-5-8(2)6-4-7;1-6-2-4-7(8)5-3-6;1-6-2-4-7(5-3-6)8(9)10;1-7-5-3-2-4-6-7/h2-8H,1H3;2-5H,1H3;2*3-6H,1-2H3;2-6H,1H3;3-6H,1-2H3;2-5H,1H3;2-5H,1H3;2-6H,1H3. The highest BCUT2D eigenvalue weighted by atomic mass is 19.1. The second kappa shape index (κ2) is 39.0. The molecular weight excluding hydrogens is 992 g/mol. The Hall–Kier alpha value is -9.45. The monoisotopic (exact) mass is 1070 g/mol. The molecule has 0 aromatic heterocycles. The fraction of sp³-hybridized carbons (Fsp3) is 0.167.